The van der Waals surface area contributed by atoms with E-state index in [-0.39, 0.29) is 28.4 Å². The molecule has 1 aliphatic heterocycles. The van der Waals surface area contributed by atoms with Gasteiger partial charge in [0.1, 0.15) is 0 Å². The zero-order valence-corrected chi connectivity index (χ0v) is 16.4. The number of carbonyl (C=O) groups is 1. The molecule has 1 N–H and O–H groups in total. The third-order valence-electron chi connectivity index (χ3n) is 4.53. The molecule has 138 valence electrons. The fourth-order valence-corrected chi connectivity index (χ4v) is 6.46. The van der Waals surface area contributed by atoms with E-state index in [1.54, 1.807) is 11.8 Å². The first-order valence-electron chi connectivity index (χ1n) is 8.60. The zero-order valence-electron chi connectivity index (χ0n) is 14.7. The zero-order chi connectivity index (χ0) is 18.6. The van der Waals surface area contributed by atoms with Gasteiger partial charge in [0.2, 0.25) is 5.91 Å². The van der Waals surface area contributed by atoms with Crippen molar-refractivity contribution in [3.8, 4) is 0 Å². The number of thioether (sulfide) groups is 1. The second kappa shape index (κ2) is 7.84. The van der Waals surface area contributed by atoms with Crippen molar-refractivity contribution in [2.24, 2.45) is 0 Å². The lowest BCUT2D eigenvalue weighted by Gasteiger charge is -2.24. The highest BCUT2D eigenvalue weighted by molar-refractivity contribution is 8.00. The van der Waals surface area contributed by atoms with E-state index >= 15 is 0 Å². The van der Waals surface area contributed by atoms with E-state index in [0.29, 0.717) is 6.42 Å². The van der Waals surface area contributed by atoms with Crippen LogP contribution in [0.1, 0.15) is 29.7 Å². The minimum Gasteiger partial charge on any atom is -0.349 e. The van der Waals surface area contributed by atoms with E-state index in [2.05, 4.69) is 29.6 Å². The van der Waals surface area contributed by atoms with Crippen LogP contribution in [0.3, 0.4) is 0 Å². The fourth-order valence-electron chi connectivity index (χ4n) is 3.28. The quantitative estimate of drug-likeness (QED) is 0.824. The third-order valence-corrected chi connectivity index (χ3v) is 7.74. The number of rotatable bonds is 6. The summed E-state index contributed by atoms with van der Waals surface area (Å²) in [5.74, 6) is 0.334. The fraction of sp³-hybridized carbons (Fsp3) is 0.350. The number of sulfone groups is 1. The van der Waals surface area contributed by atoms with Crippen molar-refractivity contribution in [2.75, 3.05) is 17.3 Å². The standard InChI is InChI=1S/C20H23NO3S2/c1-20(12-13-26(23,24)15-20)21-18(22)14-25-19(16-8-4-2-5-9-16)17-10-6-3-7-11-17/h2-11,19H,12-15H2,1H3,(H,21,22). The molecule has 1 heterocycles. The first kappa shape index (κ1) is 19.0. The van der Waals surface area contributed by atoms with Crippen molar-refractivity contribution in [2.45, 2.75) is 24.1 Å². The number of benzene rings is 2. The topological polar surface area (TPSA) is 63.2 Å². The van der Waals surface area contributed by atoms with Gasteiger partial charge >= 0.3 is 0 Å². The number of amides is 1. The molecule has 0 aliphatic carbocycles. The summed E-state index contributed by atoms with van der Waals surface area (Å²) in [7, 11) is -3.04. The lowest BCUT2D eigenvalue weighted by molar-refractivity contribution is -0.120. The van der Waals surface area contributed by atoms with Crippen molar-refractivity contribution in [1.82, 2.24) is 5.32 Å². The highest BCUT2D eigenvalue weighted by atomic mass is 32.2. The van der Waals surface area contributed by atoms with E-state index in [9.17, 15) is 13.2 Å². The number of nitrogens with one attached hydrogen (secondary N) is 1. The van der Waals surface area contributed by atoms with E-state index in [1.807, 2.05) is 43.3 Å². The van der Waals surface area contributed by atoms with Gasteiger partial charge in [0.25, 0.3) is 0 Å². The Morgan fingerprint density at radius 3 is 2.08 bits per heavy atom. The van der Waals surface area contributed by atoms with Crippen molar-refractivity contribution in [3.05, 3.63) is 71.8 Å². The number of carbonyl (C=O) groups excluding carboxylic acids is 1. The number of hydrogen-bond acceptors (Lipinski definition) is 4. The van der Waals surface area contributed by atoms with Gasteiger partial charge in [0.15, 0.2) is 9.84 Å². The van der Waals surface area contributed by atoms with E-state index in [1.165, 1.54) is 0 Å². The molecule has 0 spiro atoms. The minimum absolute atomic E-state index is 0.0250. The Hall–Kier alpha value is -1.79. The number of hydrogen-bond donors (Lipinski definition) is 1. The maximum atomic E-state index is 12.5. The molecule has 0 aromatic heterocycles. The molecule has 1 fully saturated rings. The third kappa shape index (κ3) is 4.89. The molecule has 1 aliphatic rings. The molecule has 2 aromatic rings. The van der Waals surface area contributed by atoms with Crippen molar-refractivity contribution < 1.29 is 13.2 Å². The summed E-state index contributed by atoms with van der Waals surface area (Å²) in [5.41, 5.74) is 1.64. The minimum atomic E-state index is -3.04. The van der Waals surface area contributed by atoms with Crippen LogP contribution in [0.25, 0.3) is 0 Å². The van der Waals surface area contributed by atoms with Crippen LogP contribution in [0.5, 0.6) is 0 Å². The molecule has 26 heavy (non-hydrogen) atoms. The Balaban J connectivity index is 1.68. The first-order chi connectivity index (χ1) is 12.4. The highest BCUT2D eigenvalue weighted by Crippen LogP contribution is 2.35. The summed E-state index contributed by atoms with van der Waals surface area (Å²) >= 11 is 1.56. The molecule has 2 aromatic carbocycles. The summed E-state index contributed by atoms with van der Waals surface area (Å²) in [4.78, 5) is 12.5. The van der Waals surface area contributed by atoms with Crippen LogP contribution in [0.15, 0.2) is 60.7 Å². The van der Waals surface area contributed by atoms with Gasteiger partial charge in [-0.2, -0.15) is 0 Å². The molecule has 0 saturated carbocycles. The molecule has 1 atom stereocenters. The predicted molar refractivity (Wildman–Crippen MR) is 107 cm³/mol. The molecule has 1 saturated heterocycles. The van der Waals surface area contributed by atoms with Gasteiger partial charge in [-0.15, -0.1) is 11.8 Å². The molecule has 4 nitrogen and oxygen atoms in total. The normalized spacial score (nSPS) is 21.6. The van der Waals surface area contributed by atoms with Crippen LogP contribution < -0.4 is 5.32 Å². The van der Waals surface area contributed by atoms with E-state index in [4.69, 9.17) is 0 Å². The Morgan fingerprint density at radius 2 is 1.62 bits per heavy atom. The van der Waals surface area contributed by atoms with Crippen LogP contribution >= 0.6 is 11.8 Å². The Bertz CT molecular complexity index is 814. The summed E-state index contributed by atoms with van der Waals surface area (Å²) < 4.78 is 23.4. The molecule has 1 unspecified atom stereocenters. The predicted octanol–water partition coefficient (Wildman–Crippen LogP) is 3.20. The molecule has 3 rings (SSSR count). The Kier molecular flexibility index (Phi) is 5.73. The van der Waals surface area contributed by atoms with Gasteiger partial charge in [-0.3, -0.25) is 4.79 Å². The Labute approximate surface area is 159 Å². The largest absolute Gasteiger partial charge is 0.349 e. The first-order valence-corrected chi connectivity index (χ1v) is 11.5. The second-order valence-electron chi connectivity index (χ2n) is 6.96. The van der Waals surface area contributed by atoms with Crippen LogP contribution in [0.4, 0.5) is 0 Å². The van der Waals surface area contributed by atoms with Gasteiger partial charge in [-0.25, -0.2) is 8.42 Å². The monoisotopic (exact) mass is 389 g/mol. The van der Waals surface area contributed by atoms with Gasteiger partial charge < -0.3 is 5.32 Å². The molecule has 0 radical (unpaired) electrons. The van der Waals surface area contributed by atoms with Crippen LogP contribution in [-0.2, 0) is 14.6 Å². The van der Waals surface area contributed by atoms with Crippen molar-refractivity contribution >= 4 is 27.5 Å². The van der Waals surface area contributed by atoms with Gasteiger partial charge in [0.05, 0.1) is 28.0 Å². The summed E-state index contributed by atoms with van der Waals surface area (Å²) in [6, 6.07) is 20.2. The Morgan fingerprint density at radius 1 is 1.08 bits per heavy atom. The van der Waals surface area contributed by atoms with Crippen LogP contribution in [0, 0.1) is 0 Å². The van der Waals surface area contributed by atoms with E-state index < -0.39 is 15.4 Å². The van der Waals surface area contributed by atoms with Crippen LogP contribution in [0.2, 0.25) is 0 Å². The second-order valence-corrected chi connectivity index (χ2v) is 10.2. The lowest BCUT2D eigenvalue weighted by Crippen LogP contribution is -2.47. The summed E-state index contributed by atoms with van der Waals surface area (Å²) in [6.45, 7) is 1.81. The molecule has 0 bridgehead atoms. The van der Waals surface area contributed by atoms with Gasteiger partial charge in [-0.05, 0) is 24.5 Å². The maximum absolute atomic E-state index is 12.5. The van der Waals surface area contributed by atoms with Gasteiger partial charge in [-0.1, -0.05) is 60.7 Å². The van der Waals surface area contributed by atoms with Crippen LogP contribution in [-0.4, -0.2) is 37.1 Å². The maximum Gasteiger partial charge on any atom is 0.230 e. The smallest absolute Gasteiger partial charge is 0.230 e. The molecular weight excluding hydrogens is 366 g/mol. The summed E-state index contributed by atoms with van der Waals surface area (Å²) in [5, 5.41) is 2.99. The SMILES string of the molecule is CC1(NC(=O)CSC(c2ccccc2)c2ccccc2)CCS(=O)(=O)C1. The van der Waals surface area contributed by atoms with E-state index in [0.717, 1.165) is 11.1 Å². The van der Waals surface area contributed by atoms with Crippen molar-refractivity contribution in [3.63, 3.8) is 0 Å². The average Bonchev–Trinajstić information content (AvgIpc) is 2.89. The lowest BCUT2D eigenvalue weighted by atomic mass is 10.0. The molecular formula is C20H23NO3S2. The van der Waals surface area contributed by atoms with Crippen molar-refractivity contribution in [1.29, 1.82) is 0 Å². The van der Waals surface area contributed by atoms with Gasteiger partial charge in [0, 0.05) is 0 Å². The average molecular weight is 390 g/mol. The molecule has 6 heteroatoms. The summed E-state index contributed by atoms with van der Waals surface area (Å²) in [6.07, 6.45) is 0.479. The molecule has 1 amide bonds. The highest BCUT2D eigenvalue weighted by Gasteiger charge is 2.39.